The molecule has 0 radical (unpaired) electrons. The Hall–Kier alpha value is -2.35. The Kier molecular flexibility index (Phi) is 3.28. The number of fused-ring (bicyclic) bond motifs is 1. The SMILES string of the molecule is CC1Cc2ccccc2N1C(=O)C(=O)NCC#N. The van der Waals surface area contributed by atoms with Crippen molar-refractivity contribution in [1.29, 1.82) is 5.26 Å². The Labute approximate surface area is 105 Å². The van der Waals surface area contributed by atoms with E-state index in [0.717, 1.165) is 17.7 Å². The first-order valence-electron chi connectivity index (χ1n) is 5.71. The molecule has 5 heteroatoms. The van der Waals surface area contributed by atoms with Gasteiger partial charge in [0.05, 0.1) is 6.07 Å². The summed E-state index contributed by atoms with van der Waals surface area (Å²) in [4.78, 5) is 25.1. The zero-order valence-electron chi connectivity index (χ0n) is 10.0. The highest BCUT2D eigenvalue weighted by Crippen LogP contribution is 2.31. The molecule has 0 saturated heterocycles. The van der Waals surface area contributed by atoms with Gasteiger partial charge in [-0.25, -0.2) is 0 Å². The lowest BCUT2D eigenvalue weighted by molar-refractivity contribution is -0.137. The molecule has 1 heterocycles. The predicted molar refractivity (Wildman–Crippen MR) is 65.7 cm³/mol. The molecule has 0 fully saturated rings. The molecule has 2 amide bonds. The van der Waals surface area contributed by atoms with Gasteiger partial charge in [-0.1, -0.05) is 18.2 Å². The molecule has 18 heavy (non-hydrogen) atoms. The highest BCUT2D eigenvalue weighted by Gasteiger charge is 2.33. The van der Waals surface area contributed by atoms with Crippen LogP contribution in [0.4, 0.5) is 5.69 Å². The summed E-state index contributed by atoms with van der Waals surface area (Å²) in [5.41, 5.74) is 1.84. The van der Waals surface area contributed by atoms with Crippen LogP contribution in [-0.4, -0.2) is 24.4 Å². The zero-order valence-corrected chi connectivity index (χ0v) is 10.0. The van der Waals surface area contributed by atoms with Crippen molar-refractivity contribution in [3.63, 3.8) is 0 Å². The van der Waals surface area contributed by atoms with E-state index in [2.05, 4.69) is 5.32 Å². The van der Waals surface area contributed by atoms with Crippen molar-refractivity contribution < 1.29 is 9.59 Å². The molecule has 1 unspecified atom stereocenters. The van der Waals surface area contributed by atoms with Gasteiger partial charge in [0, 0.05) is 11.7 Å². The number of nitrogens with one attached hydrogen (secondary N) is 1. The molecular formula is C13H13N3O2. The Balaban J connectivity index is 2.21. The van der Waals surface area contributed by atoms with E-state index in [1.165, 1.54) is 4.90 Å². The van der Waals surface area contributed by atoms with Crippen LogP contribution in [0.2, 0.25) is 0 Å². The van der Waals surface area contributed by atoms with Crippen molar-refractivity contribution in [3.05, 3.63) is 29.8 Å². The van der Waals surface area contributed by atoms with Gasteiger partial charge in [0.2, 0.25) is 0 Å². The molecule has 5 nitrogen and oxygen atoms in total. The maximum Gasteiger partial charge on any atom is 0.316 e. The average molecular weight is 243 g/mol. The first-order chi connectivity index (χ1) is 8.65. The molecule has 0 saturated carbocycles. The molecule has 0 aliphatic carbocycles. The van der Waals surface area contributed by atoms with E-state index in [1.54, 1.807) is 6.07 Å². The zero-order chi connectivity index (χ0) is 13.1. The van der Waals surface area contributed by atoms with E-state index in [0.29, 0.717) is 0 Å². The van der Waals surface area contributed by atoms with Gasteiger partial charge in [-0.3, -0.25) is 9.59 Å². The van der Waals surface area contributed by atoms with Crippen LogP contribution in [0.25, 0.3) is 0 Å². The summed E-state index contributed by atoms with van der Waals surface area (Å²) in [7, 11) is 0. The number of hydrogen-bond acceptors (Lipinski definition) is 3. The summed E-state index contributed by atoms with van der Waals surface area (Å²) in [5, 5.41) is 10.7. The fourth-order valence-corrected chi connectivity index (χ4v) is 2.18. The quantitative estimate of drug-likeness (QED) is 0.580. The lowest BCUT2D eigenvalue weighted by atomic mass is 10.1. The van der Waals surface area contributed by atoms with E-state index in [1.807, 2.05) is 31.2 Å². The maximum absolute atomic E-state index is 12.0. The number of rotatable bonds is 1. The van der Waals surface area contributed by atoms with E-state index >= 15 is 0 Å². The molecule has 1 N–H and O–H groups in total. The van der Waals surface area contributed by atoms with E-state index < -0.39 is 11.8 Å². The van der Waals surface area contributed by atoms with Gasteiger partial charge in [-0.15, -0.1) is 0 Å². The standard InChI is InChI=1S/C13H13N3O2/c1-9-8-10-4-2-3-5-11(10)16(9)13(18)12(17)15-7-6-14/h2-5,9H,7-8H2,1H3,(H,15,17). The van der Waals surface area contributed by atoms with Crippen molar-refractivity contribution in [3.8, 4) is 6.07 Å². The number of carbonyl (C=O) groups excluding carboxylic acids is 2. The second-order valence-electron chi connectivity index (χ2n) is 4.20. The highest BCUT2D eigenvalue weighted by atomic mass is 16.2. The summed E-state index contributed by atoms with van der Waals surface area (Å²) in [5.74, 6) is -1.34. The number of carbonyl (C=O) groups is 2. The molecule has 1 atom stereocenters. The van der Waals surface area contributed by atoms with Crippen LogP contribution in [0.15, 0.2) is 24.3 Å². The minimum absolute atomic E-state index is 0.0391. The summed E-state index contributed by atoms with van der Waals surface area (Å²) >= 11 is 0. The lowest BCUT2D eigenvalue weighted by Gasteiger charge is -2.21. The second-order valence-corrected chi connectivity index (χ2v) is 4.20. The Morgan fingerprint density at radius 3 is 2.94 bits per heavy atom. The third-order valence-corrected chi connectivity index (χ3v) is 2.95. The Morgan fingerprint density at radius 2 is 2.22 bits per heavy atom. The van der Waals surface area contributed by atoms with Gasteiger partial charge in [-0.2, -0.15) is 5.26 Å². The molecular weight excluding hydrogens is 230 g/mol. The Morgan fingerprint density at radius 1 is 1.50 bits per heavy atom. The third-order valence-electron chi connectivity index (χ3n) is 2.95. The van der Waals surface area contributed by atoms with Crippen LogP contribution in [0.5, 0.6) is 0 Å². The molecule has 0 spiro atoms. The first kappa shape index (κ1) is 12.1. The van der Waals surface area contributed by atoms with Gasteiger partial charge < -0.3 is 10.2 Å². The third kappa shape index (κ3) is 2.05. The highest BCUT2D eigenvalue weighted by molar-refractivity contribution is 6.40. The first-order valence-corrected chi connectivity index (χ1v) is 5.71. The number of nitriles is 1. The van der Waals surface area contributed by atoms with E-state index in [9.17, 15) is 9.59 Å². The fourth-order valence-electron chi connectivity index (χ4n) is 2.18. The van der Waals surface area contributed by atoms with E-state index in [4.69, 9.17) is 5.26 Å². The molecule has 1 aromatic carbocycles. The van der Waals surface area contributed by atoms with Crippen molar-refractivity contribution in [2.24, 2.45) is 0 Å². The average Bonchev–Trinajstić information content (AvgIpc) is 2.70. The summed E-state index contributed by atoms with van der Waals surface area (Å²) in [6.45, 7) is 1.74. The second kappa shape index (κ2) is 4.88. The number of amides is 2. The van der Waals surface area contributed by atoms with Crippen molar-refractivity contribution in [1.82, 2.24) is 5.32 Å². The molecule has 92 valence electrons. The van der Waals surface area contributed by atoms with Gasteiger partial charge >= 0.3 is 11.8 Å². The van der Waals surface area contributed by atoms with Crippen molar-refractivity contribution in [2.75, 3.05) is 11.4 Å². The minimum Gasteiger partial charge on any atom is -0.335 e. The van der Waals surface area contributed by atoms with Crippen LogP contribution >= 0.6 is 0 Å². The topological polar surface area (TPSA) is 73.2 Å². The number of hydrogen-bond donors (Lipinski definition) is 1. The Bertz CT molecular complexity index is 533. The largest absolute Gasteiger partial charge is 0.335 e. The number of benzene rings is 1. The van der Waals surface area contributed by atoms with Gasteiger partial charge in [0.25, 0.3) is 0 Å². The van der Waals surface area contributed by atoms with Gasteiger partial charge in [0.15, 0.2) is 0 Å². The van der Waals surface area contributed by atoms with E-state index in [-0.39, 0.29) is 12.6 Å². The summed E-state index contributed by atoms with van der Waals surface area (Å²) in [6, 6.07) is 9.26. The smallest absolute Gasteiger partial charge is 0.316 e. The monoisotopic (exact) mass is 243 g/mol. The normalized spacial score (nSPS) is 16.9. The minimum atomic E-state index is -0.736. The molecule has 1 aliphatic rings. The fraction of sp³-hybridized carbons (Fsp3) is 0.308. The number of anilines is 1. The van der Waals surface area contributed by atoms with Crippen LogP contribution in [0, 0.1) is 11.3 Å². The molecule has 0 aromatic heterocycles. The summed E-state index contributed by atoms with van der Waals surface area (Å²) < 4.78 is 0. The van der Waals surface area contributed by atoms with Crippen LogP contribution in [0.3, 0.4) is 0 Å². The number of para-hydroxylation sites is 1. The molecule has 1 aromatic rings. The molecule has 1 aliphatic heterocycles. The van der Waals surface area contributed by atoms with Crippen LogP contribution in [0.1, 0.15) is 12.5 Å². The lowest BCUT2D eigenvalue weighted by Crippen LogP contribution is -2.45. The van der Waals surface area contributed by atoms with Crippen LogP contribution < -0.4 is 10.2 Å². The maximum atomic E-state index is 12.0. The predicted octanol–water partition coefficient (Wildman–Crippen LogP) is 0.604. The van der Waals surface area contributed by atoms with Gasteiger partial charge in [-0.05, 0) is 25.0 Å². The van der Waals surface area contributed by atoms with Crippen molar-refractivity contribution in [2.45, 2.75) is 19.4 Å². The van der Waals surface area contributed by atoms with Gasteiger partial charge in [0.1, 0.15) is 6.54 Å². The van der Waals surface area contributed by atoms with Crippen LogP contribution in [-0.2, 0) is 16.0 Å². The number of nitrogens with zero attached hydrogens (tertiary/aromatic N) is 2. The molecule has 2 rings (SSSR count). The molecule has 0 bridgehead atoms. The van der Waals surface area contributed by atoms with Crippen molar-refractivity contribution >= 4 is 17.5 Å². The summed E-state index contributed by atoms with van der Waals surface area (Å²) in [6.07, 6.45) is 0.743.